The third kappa shape index (κ3) is 5.40. The van der Waals surface area contributed by atoms with E-state index in [0.29, 0.717) is 55.7 Å². The molecule has 0 aliphatic carbocycles. The molecule has 2 amide bonds. The lowest BCUT2D eigenvalue weighted by Crippen LogP contribution is -2.51. The van der Waals surface area contributed by atoms with Crippen molar-refractivity contribution in [2.75, 3.05) is 63.3 Å². The highest BCUT2D eigenvalue weighted by Gasteiger charge is 2.38. The smallest absolute Gasteiger partial charge is 0.228 e. The van der Waals surface area contributed by atoms with Crippen LogP contribution in [0.1, 0.15) is 6.42 Å². The number of sulfone groups is 1. The first kappa shape index (κ1) is 21.9. The maximum absolute atomic E-state index is 12.9. The molecule has 0 N–H and O–H groups in total. The van der Waals surface area contributed by atoms with Crippen molar-refractivity contribution in [3.8, 4) is 5.75 Å². The van der Waals surface area contributed by atoms with Crippen molar-refractivity contribution in [2.45, 2.75) is 6.42 Å². The maximum atomic E-state index is 12.9. The number of carbonyl (C=O) groups excluding carboxylic acids is 2. The van der Waals surface area contributed by atoms with E-state index in [0.717, 1.165) is 0 Å². The van der Waals surface area contributed by atoms with E-state index in [1.54, 1.807) is 28.0 Å². The van der Waals surface area contributed by atoms with E-state index in [1.165, 1.54) is 13.4 Å². The average Bonchev–Trinajstić information content (AvgIpc) is 3.07. The Bertz CT molecular complexity index is 884. The zero-order valence-corrected chi connectivity index (χ0v) is 18.2. The van der Waals surface area contributed by atoms with Gasteiger partial charge in [0.15, 0.2) is 0 Å². The van der Waals surface area contributed by atoms with Crippen LogP contribution in [0.25, 0.3) is 0 Å². The fraction of sp³-hybridized carbons (Fsp3) is 0.579. The predicted octanol–water partition coefficient (Wildman–Crippen LogP) is 0.890. The van der Waals surface area contributed by atoms with Gasteiger partial charge in [0.1, 0.15) is 15.6 Å². The second kappa shape index (κ2) is 8.89. The fourth-order valence-corrected chi connectivity index (χ4v) is 4.48. The lowest BCUT2D eigenvalue weighted by atomic mass is 10.1. The molecule has 10 heteroatoms. The molecule has 1 unspecified atom stereocenters. The van der Waals surface area contributed by atoms with E-state index >= 15 is 0 Å². The molecule has 1 aromatic rings. The number of piperazine rings is 1. The molecule has 0 bridgehead atoms. The highest BCUT2D eigenvalue weighted by Crippen LogP contribution is 2.35. The van der Waals surface area contributed by atoms with Crippen LogP contribution in [-0.4, -0.2) is 88.4 Å². The molecule has 2 saturated heterocycles. The van der Waals surface area contributed by atoms with Gasteiger partial charge in [0.05, 0.1) is 24.5 Å². The topological polar surface area (TPSA) is 87.2 Å². The van der Waals surface area contributed by atoms with Crippen molar-refractivity contribution in [3.63, 3.8) is 0 Å². The van der Waals surface area contributed by atoms with E-state index in [1.807, 2.05) is 4.90 Å². The molecule has 29 heavy (non-hydrogen) atoms. The van der Waals surface area contributed by atoms with Crippen molar-refractivity contribution < 1.29 is 22.7 Å². The second-order valence-electron chi connectivity index (χ2n) is 7.52. The SMILES string of the molecule is COc1ccc(Cl)cc1N1CC(C(=O)N2CCN(CCS(C)(=O)=O)CC2)CC1=O. The minimum atomic E-state index is -3.00. The summed E-state index contributed by atoms with van der Waals surface area (Å²) >= 11 is 6.08. The summed E-state index contributed by atoms with van der Waals surface area (Å²) in [7, 11) is -1.47. The molecule has 2 fully saturated rings. The van der Waals surface area contributed by atoms with Crippen LogP contribution in [0.2, 0.25) is 5.02 Å². The summed E-state index contributed by atoms with van der Waals surface area (Å²) in [5, 5.41) is 0.494. The Morgan fingerprint density at radius 2 is 1.93 bits per heavy atom. The Morgan fingerprint density at radius 3 is 2.55 bits per heavy atom. The van der Waals surface area contributed by atoms with Crippen molar-refractivity contribution in [3.05, 3.63) is 23.2 Å². The van der Waals surface area contributed by atoms with Crippen molar-refractivity contribution in [1.29, 1.82) is 0 Å². The predicted molar refractivity (Wildman–Crippen MR) is 111 cm³/mol. The molecular formula is C19H26ClN3O5S. The third-order valence-corrected chi connectivity index (χ3v) is 6.53. The molecule has 1 aromatic carbocycles. The Labute approximate surface area is 176 Å². The summed E-state index contributed by atoms with van der Waals surface area (Å²) < 4.78 is 28.0. The largest absolute Gasteiger partial charge is 0.495 e. The first-order valence-corrected chi connectivity index (χ1v) is 11.9. The van der Waals surface area contributed by atoms with Crippen LogP contribution >= 0.6 is 11.6 Å². The molecule has 0 aromatic heterocycles. The van der Waals surface area contributed by atoms with Crippen molar-refractivity contribution in [2.24, 2.45) is 5.92 Å². The normalized spacial score (nSPS) is 20.9. The number of carbonyl (C=O) groups is 2. The highest BCUT2D eigenvalue weighted by atomic mass is 35.5. The molecule has 8 nitrogen and oxygen atoms in total. The number of nitrogens with zero attached hydrogens (tertiary/aromatic N) is 3. The number of amides is 2. The summed E-state index contributed by atoms with van der Waals surface area (Å²) in [6, 6.07) is 5.07. The Balaban J connectivity index is 1.59. The van der Waals surface area contributed by atoms with E-state index < -0.39 is 15.8 Å². The van der Waals surface area contributed by atoms with Crippen LogP contribution in [-0.2, 0) is 19.4 Å². The van der Waals surface area contributed by atoms with E-state index in [-0.39, 0.29) is 24.0 Å². The standard InChI is InChI=1S/C19H26ClN3O5S/c1-28-17-4-3-15(20)12-16(17)23-13-14(11-18(23)24)19(25)22-7-5-21(6-8-22)9-10-29(2,26)27/h3-4,12,14H,5-11,13H2,1-2H3. The number of hydrogen-bond acceptors (Lipinski definition) is 6. The third-order valence-electron chi connectivity index (χ3n) is 5.37. The summed E-state index contributed by atoms with van der Waals surface area (Å²) in [6.45, 7) is 3.11. The Kier molecular flexibility index (Phi) is 6.70. The molecule has 0 spiro atoms. The van der Waals surface area contributed by atoms with Gasteiger partial charge < -0.3 is 14.5 Å². The van der Waals surface area contributed by atoms with E-state index in [4.69, 9.17) is 16.3 Å². The number of hydrogen-bond donors (Lipinski definition) is 0. The van der Waals surface area contributed by atoms with Gasteiger partial charge in [-0.25, -0.2) is 8.42 Å². The minimum Gasteiger partial charge on any atom is -0.495 e. The van der Waals surface area contributed by atoms with Crippen LogP contribution in [0, 0.1) is 5.92 Å². The van der Waals surface area contributed by atoms with Crippen molar-refractivity contribution in [1.82, 2.24) is 9.80 Å². The Hall–Kier alpha value is -1.84. The van der Waals surface area contributed by atoms with Crippen LogP contribution < -0.4 is 9.64 Å². The van der Waals surface area contributed by atoms with Gasteiger partial charge >= 0.3 is 0 Å². The van der Waals surface area contributed by atoms with Gasteiger partial charge in [-0.05, 0) is 18.2 Å². The molecule has 1 atom stereocenters. The first-order chi connectivity index (χ1) is 13.7. The summed E-state index contributed by atoms with van der Waals surface area (Å²) in [6.07, 6.45) is 1.38. The van der Waals surface area contributed by atoms with Crippen LogP contribution in [0.15, 0.2) is 18.2 Å². The number of anilines is 1. The Morgan fingerprint density at radius 1 is 1.24 bits per heavy atom. The van der Waals surface area contributed by atoms with Crippen LogP contribution in [0.4, 0.5) is 5.69 Å². The molecule has 160 valence electrons. The van der Waals surface area contributed by atoms with Gasteiger partial charge in [0.2, 0.25) is 11.8 Å². The highest BCUT2D eigenvalue weighted by molar-refractivity contribution is 7.90. The van der Waals surface area contributed by atoms with Crippen LogP contribution in [0.3, 0.4) is 0 Å². The molecular weight excluding hydrogens is 418 g/mol. The molecule has 0 radical (unpaired) electrons. The van der Waals surface area contributed by atoms with E-state index in [2.05, 4.69) is 0 Å². The second-order valence-corrected chi connectivity index (χ2v) is 10.2. The summed E-state index contributed by atoms with van der Waals surface area (Å²) in [4.78, 5) is 30.9. The molecule has 2 heterocycles. The van der Waals surface area contributed by atoms with Gasteiger partial charge in [-0.3, -0.25) is 14.5 Å². The zero-order chi connectivity index (χ0) is 21.2. The molecule has 0 saturated carbocycles. The van der Waals surface area contributed by atoms with Crippen molar-refractivity contribution >= 4 is 38.9 Å². The zero-order valence-electron chi connectivity index (χ0n) is 16.6. The minimum absolute atomic E-state index is 0.0374. The molecule has 3 rings (SSSR count). The lowest BCUT2D eigenvalue weighted by molar-refractivity contribution is -0.137. The van der Waals surface area contributed by atoms with Gasteiger partial charge in [-0.15, -0.1) is 0 Å². The monoisotopic (exact) mass is 443 g/mol. The first-order valence-electron chi connectivity index (χ1n) is 9.50. The molecule has 2 aliphatic heterocycles. The number of halogens is 1. The van der Waals surface area contributed by atoms with Crippen LogP contribution in [0.5, 0.6) is 5.75 Å². The molecule has 2 aliphatic rings. The van der Waals surface area contributed by atoms with Gasteiger partial charge in [-0.1, -0.05) is 11.6 Å². The maximum Gasteiger partial charge on any atom is 0.228 e. The fourth-order valence-electron chi connectivity index (χ4n) is 3.72. The number of methoxy groups -OCH3 is 1. The lowest BCUT2D eigenvalue weighted by Gasteiger charge is -2.35. The summed E-state index contributed by atoms with van der Waals surface area (Å²) in [5.74, 6) is 0.0820. The number of benzene rings is 1. The quantitative estimate of drug-likeness (QED) is 0.649. The van der Waals surface area contributed by atoms with Gasteiger partial charge in [0.25, 0.3) is 0 Å². The average molecular weight is 444 g/mol. The van der Waals surface area contributed by atoms with Gasteiger partial charge in [-0.2, -0.15) is 0 Å². The van der Waals surface area contributed by atoms with Gasteiger partial charge in [0, 0.05) is 57.0 Å². The van der Waals surface area contributed by atoms with E-state index in [9.17, 15) is 18.0 Å². The number of rotatable bonds is 6. The summed E-state index contributed by atoms with van der Waals surface area (Å²) in [5.41, 5.74) is 0.575. The number of ether oxygens (including phenoxy) is 1.